The molecule has 180 valence electrons. The molecule has 1 aliphatic rings. The lowest BCUT2D eigenvalue weighted by atomic mass is 9.89. The summed E-state index contributed by atoms with van der Waals surface area (Å²) < 4.78 is 6.34. The molecule has 0 bridgehead atoms. The van der Waals surface area contributed by atoms with Gasteiger partial charge in [0.05, 0.1) is 12.0 Å². The summed E-state index contributed by atoms with van der Waals surface area (Å²) >= 11 is 2.76. The Morgan fingerprint density at radius 2 is 2.06 bits per heavy atom. The highest BCUT2D eigenvalue weighted by atomic mass is 32.1. The van der Waals surface area contributed by atoms with Gasteiger partial charge < -0.3 is 10.1 Å². The number of esters is 1. The van der Waals surface area contributed by atoms with Crippen LogP contribution in [0.25, 0.3) is 21.3 Å². The van der Waals surface area contributed by atoms with E-state index in [-0.39, 0.29) is 18.7 Å². The van der Waals surface area contributed by atoms with Gasteiger partial charge in [0.2, 0.25) is 5.91 Å². The number of rotatable bonds is 6. The Kier molecular flexibility index (Phi) is 6.48. The Morgan fingerprint density at radius 1 is 1.26 bits per heavy atom. The third-order valence-electron chi connectivity index (χ3n) is 6.09. The summed E-state index contributed by atoms with van der Waals surface area (Å²) in [5.41, 5.74) is 2.57. The van der Waals surface area contributed by atoms with E-state index < -0.39 is 11.9 Å². The zero-order valence-electron chi connectivity index (χ0n) is 19.4. The maximum Gasteiger partial charge on any atom is 0.341 e. The fourth-order valence-electron chi connectivity index (χ4n) is 4.38. The molecule has 4 aromatic rings. The highest BCUT2D eigenvalue weighted by Gasteiger charge is 2.25. The Bertz CT molecular complexity index is 1470. The number of anilines is 1. The van der Waals surface area contributed by atoms with E-state index in [2.05, 4.69) is 22.6 Å². The zero-order chi connectivity index (χ0) is 24.5. The van der Waals surface area contributed by atoms with E-state index in [9.17, 15) is 14.4 Å². The number of aromatic nitrogens is 3. The van der Waals surface area contributed by atoms with Crippen LogP contribution in [0.15, 0.2) is 40.5 Å². The number of hydrogen-bond acceptors (Lipinski definition) is 8. The van der Waals surface area contributed by atoms with E-state index in [1.165, 1.54) is 27.6 Å². The van der Waals surface area contributed by atoms with Crippen LogP contribution in [-0.4, -0.2) is 33.5 Å². The molecule has 1 aromatic carbocycles. The lowest BCUT2D eigenvalue weighted by Crippen LogP contribution is -2.30. The standard InChI is InChI=1S/C25H24N4O4S2/c1-3-33-25(32)21-17(15-7-5-4-6-8-15)13-34-22(21)26-19(30)12-29-24(31)20-16-10-9-14(2)11-18(16)35-23(20)27-28-29/h4-8,13-14H,3,9-12H2,1-2H3,(H,26,30). The van der Waals surface area contributed by atoms with Crippen LogP contribution >= 0.6 is 22.7 Å². The normalized spacial score (nSPS) is 15.1. The first kappa shape index (κ1) is 23.4. The van der Waals surface area contributed by atoms with E-state index in [0.29, 0.717) is 32.3 Å². The third-order valence-corrected chi connectivity index (χ3v) is 8.12. The van der Waals surface area contributed by atoms with Crippen LogP contribution in [0, 0.1) is 5.92 Å². The van der Waals surface area contributed by atoms with E-state index >= 15 is 0 Å². The molecule has 3 heterocycles. The molecule has 3 aromatic heterocycles. The Labute approximate surface area is 209 Å². The second-order valence-corrected chi connectivity index (χ2v) is 10.5. The van der Waals surface area contributed by atoms with Crippen LogP contribution < -0.4 is 10.9 Å². The summed E-state index contributed by atoms with van der Waals surface area (Å²) in [6.07, 6.45) is 2.80. The highest BCUT2D eigenvalue weighted by molar-refractivity contribution is 7.18. The Hall–Kier alpha value is -3.37. The van der Waals surface area contributed by atoms with Crippen LogP contribution in [0.2, 0.25) is 0 Å². The van der Waals surface area contributed by atoms with Gasteiger partial charge in [-0.25, -0.2) is 9.48 Å². The predicted molar refractivity (Wildman–Crippen MR) is 137 cm³/mol. The molecule has 0 saturated carbocycles. The van der Waals surface area contributed by atoms with Crippen molar-refractivity contribution in [3.8, 4) is 11.1 Å². The van der Waals surface area contributed by atoms with Gasteiger partial charge >= 0.3 is 5.97 Å². The van der Waals surface area contributed by atoms with E-state index in [1.807, 2.05) is 35.7 Å². The quantitative estimate of drug-likeness (QED) is 0.384. The number of fused-ring (bicyclic) bond motifs is 3. The molecule has 0 fully saturated rings. The van der Waals surface area contributed by atoms with Crippen LogP contribution in [0.4, 0.5) is 5.00 Å². The molecule has 0 radical (unpaired) electrons. The van der Waals surface area contributed by atoms with Crippen LogP contribution in [0.1, 0.15) is 41.1 Å². The number of aryl methyl sites for hydroxylation is 1. The number of ether oxygens (including phenoxy) is 1. The Balaban J connectivity index is 1.43. The minimum atomic E-state index is -0.514. The lowest BCUT2D eigenvalue weighted by molar-refractivity contribution is -0.117. The molecule has 0 aliphatic heterocycles. The van der Waals surface area contributed by atoms with Crippen molar-refractivity contribution in [2.75, 3.05) is 11.9 Å². The summed E-state index contributed by atoms with van der Waals surface area (Å²) in [4.78, 5) is 40.7. The second-order valence-electron chi connectivity index (χ2n) is 8.57. The van der Waals surface area contributed by atoms with Gasteiger partial charge in [-0.3, -0.25) is 9.59 Å². The molecule has 10 heteroatoms. The Morgan fingerprint density at radius 3 is 2.83 bits per heavy atom. The topological polar surface area (TPSA) is 103 Å². The van der Waals surface area contributed by atoms with Gasteiger partial charge in [-0.1, -0.05) is 42.5 Å². The minimum absolute atomic E-state index is 0.213. The molecule has 35 heavy (non-hydrogen) atoms. The number of amides is 1. The van der Waals surface area contributed by atoms with Crippen molar-refractivity contribution in [1.82, 2.24) is 15.0 Å². The van der Waals surface area contributed by atoms with Crippen molar-refractivity contribution < 1.29 is 14.3 Å². The van der Waals surface area contributed by atoms with Crippen molar-refractivity contribution in [2.24, 2.45) is 5.92 Å². The van der Waals surface area contributed by atoms with Gasteiger partial charge in [-0.05, 0) is 43.2 Å². The summed E-state index contributed by atoms with van der Waals surface area (Å²) in [7, 11) is 0. The number of nitrogens with zero attached hydrogens (tertiary/aromatic N) is 3. The van der Waals surface area contributed by atoms with Crippen molar-refractivity contribution in [2.45, 2.75) is 39.7 Å². The fourth-order valence-corrected chi connectivity index (χ4v) is 6.68. The molecule has 0 saturated heterocycles. The minimum Gasteiger partial charge on any atom is -0.462 e. The molecule has 0 spiro atoms. The molecule has 1 N–H and O–H groups in total. The average molecular weight is 509 g/mol. The van der Waals surface area contributed by atoms with Crippen molar-refractivity contribution in [3.05, 3.63) is 62.1 Å². The largest absolute Gasteiger partial charge is 0.462 e. The first-order chi connectivity index (χ1) is 17.0. The number of carbonyl (C=O) groups is 2. The molecule has 1 aliphatic carbocycles. The molecule has 8 nitrogen and oxygen atoms in total. The maximum absolute atomic E-state index is 13.2. The molecule has 1 unspecified atom stereocenters. The molecule has 1 amide bonds. The van der Waals surface area contributed by atoms with Crippen molar-refractivity contribution >= 4 is 49.8 Å². The average Bonchev–Trinajstić information content (AvgIpc) is 3.43. The van der Waals surface area contributed by atoms with E-state index in [4.69, 9.17) is 4.74 Å². The molecule has 5 rings (SSSR count). The van der Waals surface area contributed by atoms with Gasteiger partial charge in [-0.2, -0.15) is 0 Å². The number of carbonyl (C=O) groups excluding carboxylic acids is 2. The van der Waals surface area contributed by atoms with Gasteiger partial charge in [-0.15, -0.1) is 27.8 Å². The van der Waals surface area contributed by atoms with Crippen LogP contribution in [0.5, 0.6) is 0 Å². The van der Waals surface area contributed by atoms with Crippen LogP contribution in [0.3, 0.4) is 0 Å². The molecular weight excluding hydrogens is 484 g/mol. The number of benzene rings is 1. The van der Waals surface area contributed by atoms with Crippen LogP contribution in [-0.2, 0) is 28.9 Å². The van der Waals surface area contributed by atoms with Gasteiger partial charge in [0.25, 0.3) is 5.56 Å². The van der Waals surface area contributed by atoms with Crippen molar-refractivity contribution in [3.63, 3.8) is 0 Å². The lowest BCUT2D eigenvalue weighted by Gasteiger charge is -2.17. The summed E-state index contributed by atoms with van der Waals surface area (Å²) in [5, 5.41) is 13.8. The molecular formula is C25H24N4O4S2. The first-order valence-electron chi connectivity index (χ1n) is 11.5. The predicted octanol–water partition coefficient (Wildman–Crippen LogP) is 4.52. The number of hydrogen-bond donors (Lipinski definition) is 1. The second kappa shape index (κ2) is 9.71. The number of nitrogens with one attached hydrogen (secondary N) is 1. The van der Waals surface area contributed by atoms with E-state index in [1.54, 1.807) is 6.92 Å². The van der Waals surface area contributed by atoms with Crippen molar-refractivity contribution in [1.29, 1.82) is 0 Å². The smallest absolute Gasteiger partial charge is 0.341 e. The van der Waals surface area contributed by atoms with Gasteiger partial charge in [0, 0.05) is 15.8 Å². The maximum atomic E-state index is 13.2. The SMILES string of the molecule is CCOC(=O)c1c(-c2ccccc2)csc1NC(=O)Cn1nnc2sc3c(c2c1=O)CCC(C)C3. The van der Waals surface area contributed by atoms with Gasteiger partial charge in [0.15, 0.2) is 4.83 Å². The summed E-state index contributed by atoms with van der Waals surface area (Å²) in [6.45, 7) is 3.85. The first-order valence-corrected chi connectivity index (χ1v) is 13.2. The molecule has 1 atom stereocenters. The summed E-state index contributed by atoms with van der Waals surface area (Å²) in [5.74, 6) is -0.400. The summed E-state index contributed by atoms with van der Waals surface area (Å²) in [6, 6.07) is 9.44. The fraction of sp³-hybridized carbons (Fsp3) is 0.320. The highest BCUT2D eigenvalue weighted by Crippen LogP contribution is 2.37. The zero-order valence-corrected chi connectivity index (χ0v) is 21.0. The van der Waals surface area contributed by atoms with Gasteiger partial charge in [0.1, 0.15) is 17.1 Å². The van der Waals surface area contributed by atoms with E-state index in [0.717, 1.165) is 35.1 Å². The number of thiophene rings is 2. The monoisotopic (exact) mass is 508 g/mol. The third kappa shape index (κ3) is 4.51.